The first-order valence-electron chi connectivity index (χ1n) is 16.0. The van der Waals surface area contributed by atoms with Crippen molar-refractivity contribution in [3.63, 3.8) is 0 Å². The first-order chi connectivity index (χ1) is 23.2. The van der Waals surface area contributed by atoms with Crippen LogP contribution in [-0.2, 0) is 10.2 Å². The molecule has 48 heavy (non-hydrogen) atoms. The highest BCUT2D eigenvalue weighted by Crippen LogP contribution is 2.29. The third-order valence-electron chi connectivity index (χ3n) is 8.73. The van der Waals surface area contributed by atoms with Gasteiger partial charge in [-0.05, 0) is 45.9 Å². The van der Waals surface area contributed by atoms with Gasteiger partial charge in [-0.15, -0.1) is 11.3 Å². The van der Waals surface area contributed by atoms with Crippen molar-refractivity contribution in [2.24, 2.45) is 0 Å². The minimum atomic E-state index is -0.619. The van der Waals surface area contributed by atoms with Gasteiger partial charge in [0.1, 0.15) is 16.5 Å². The third-order valence-corrected chi connectivity index (χ3v) is 9.82. The number of amides is 1. The van der Waals surface area contributed by atoms with Gasteiger partial charge in [-0.2, -0.15) is 5.26 Å². The highest BCUT2D eigenvalue weighted by atomic mass is 32.1. The van der Waals surface area contributed by atoms with E-state index in [9.17, 15) is 14.9 Å². The fourth-order valence-corrected chi connectivity index (χ4v) is 7.24. The van der Waals surface area contributed by atoms with Crippen LogP contribution in [0.1, 0.15) is 49.1 Å². The summed E-state index contributed by atoms with van der Waals surface area (Å²) in [6.07, 6.45) is 1.73. The molecule has 6 nitrogen and oxygen atoms in total. The lowest BCUT2D eigenvalue weighted by Gasteiger charge is -2.39. The van der Waals surface area contributed by atoms with Gasteiger partial charge in [0.25, 0.3) is 11.5 Å². The molecule has 5 aromatic rings. The fourth-order valence-electron chi connectivity index (χ4n) is 6.15. The van der Waals surface area contributed by atoms with Gasteiger partial charge in [0.05, 0.1) is 16.3 Å². The van der Waals surface area contributed by atoms with E-state index < -0.39 is 17.3 Å². The molecule has 0 unspecified atom stereocenters. The van der Waals surface area contributed by atoms with Crippen LogP contribution in [0.5, 0.6) is 0 Å². The first-order valence-corrected chi connectivity index (χ1v) is 16.8. The maximum atomic E-state index is 15.2. The summed E-state index contributed by atoms with van der Waals surface area (Å²) in [5.41, 5.74) is 3.57. The van der Waals surface area contributed by atoms with Gasteiger partial charge in [-0.25, -0.2) is 4.39 Å². The van der Waals surface area contributed by atoms with Crippen LogP contribution in [0.4, 0.5) is 4.39 Å². The molecule has 0 spiro atoms. The molecule has 242 valence electrons. The van der Waals surface area contributed by atoms with Crippen LogP contribution in [0, 0.1) is 17.1 Å². The number of nitriles is 1. The zero-order valence-electron chi connectivity index (χ0n) is 27.3. The normalized spacial score (nSPS) is 15.0. The molecule has 0 atom stereocenters. The summed E-state index contributed by atoms with van der Waals surface area (Å²) < 4.78 is 16.8. The number of piperazine rings is 1. The number of thiazole rings is 1. The van der Waals surface area contributed by atoms with Gasteiger partial charge in [0, 0.05) is 26.2 Å². The number of hydrogen-bond acceptors (Lipinski definition) is 5. The average molecular weight is 657 g/mol. The molecule has 1 aromatic heterocycles. The van der Waals surface area contributed by atoms with Gasteiger partial charge in [-0.3, -0.25) is 19.1 Å². The molecular weight excluding hydrogens is 620 g/mol. The number of para-hydroxylation sites is 1. The predicted molar refractivity (Wildman–Crippen MR) is 190 cm³/mol. The van der Waals surface area contributed by atoms with Crippen molar-refractivity contribution < 1.29 is 9.18 Å². The van der Waals surface area contributed by atoms with Gasteiger partial charge in [-0.1, -0.05) is 118 Å². The quantitative estimate of drug-likeness (QED) is 0.233. The number of benzene rings is 4. The number of carbonyl (C=O) groups excluding carboxylic acids is 1. The molecule has 4 aromatic carbocycles. The summed E-state index contributed by atoms with van der Waals surface area (Å²) in [6, 6.07) is 36.5. The number of aromatic nitrogens is 1. The van der Waals surface area contributed by atoms with E-state index in [1.807, 2.05) is 60.7 Å². The summed E-state index contributed by atoms with van der Waals surface area (Å²) in [6.45, 7) is 8.37. The van der Waals surface area contributed by atoms with Crippen molar-refractivity contribution in [2.75, 3.05) is 26.2 Å². The maximum absolute atomic E-state index is 15.2. The van der Waals surface area contributed by atoms with Crippen LogP contribution in [0.15, 0.2) is 114 Å². The molecular formula is C40H37FN4O2S. The molecule has 0 aliphatic carbocycles. The molecule has 1 saturated heterocycles. The molecule has 1 fully saturated rings. The van der Waals surface area contributed by atoms with Gasteiger partial charge < -0.3 is 4.90 Å². The summed E-state index contributed by atoms with van der Waals surface area (Å²) in [7, 11) is 0. The lowest BCUT2D eigenvalue weighted by Crippen LogP contribution is -2.50. The standard InChI is InChI=1S/C40H37FN4O2S/c1-40(2,3)31-20-18-28(19-21-31)26-35-38(47)45(34-17-11-10-16-33(34)41)39(48-35)32(27-42)37(46)44-24-22-43(23-25-44)36(29-12-6-4-7-13-29)30-14-8-5-9-15-30/h4-21,26,36H,22-25H2,1-3H3/b35-26-,39-32-. The summed E-state index contributed by atoms with van der Waals surface area (Å²) >= 11 is 1.03. The molecule has 0 N–H and O–H groups in total. The largest absolute Gasteiger partial charge is 0.335 e. The lowest BCUT2D eigenvalue weighted by molar-refractivity contribution is -0.126. The van der Waals surface area contributed by atoms with Gasteiger partial charge in [0.15, 0.2) is 5.57 Å². The second kappa shape index (κ2) is 13.9. The Morgan fingerprint density at radius 2 is 1.40 bits per heavy atom. The number of rotatable bonds is 6. The van der Waals surface area contributed by atoms with Crippen molar-refractivity contribution >= 4 is 28.9 Å². The van der Waals surface area contributed by atoms with Crippen molar-refractivity contribution in [2.45, 2.75) is 32.2 Å². The SMILES string of the molecule is CC(C)(C)c1ccc(/C=c2\s/c(=C(/C#N)C(=O)N3CCN(C(c4ccccc4)c4ccccc4)CC3)n(-c3ccccc3F)c2=O)cc1. The van der Waals surface area contributed by atoms with E-state index in [0.29, 0.717) is 30.7 Å². The van der Waals surface area contributed by atoms with Gasteiger partial charge in [0.2, 0.25) is 0 Å². The van der Waals surface area contributed by atoms with E-state index in [1.165, 1.54) is 22.8 Å². The predicted octanol–water partition coefficient (Wildman–Crippen LogP) is 5.77. The molecule has 0 radical (unpaired) electrons. The maximum Gasteiger partial charge on any atom is 0.273 e. The first kappa shape index (κ1) is 32.8. The Balaban J connectivity index is 1.37. The van der Waals surface area contributed by atoms with Crippen LogP contribution < -0.4 is 14.8 Å². The topological polar surface area (TPSA) is 69.3 Å². The minimum Gasteiger partial charge on any atom is -0.335 e. The number of nitrogens with zero attached hydrogens (tertiary/aromatic N) is 4. The van der Waals surface area contributed by atoms with E-state index in [0.717, 1.165) is 33.6 Å². The Bertz CT molecular complexity index is 2100. The summed E-state index contributed by atoms with van der Waals surface area (Å²) in [5, 5.41) is 10.4. The Kier molecular flexibility index (Phi) is 9.54. The molecule has 1 aliphatic heterocycles. The van der Waals surface area contributed by atoms with Crippen molar-refractivity contribution in [1.29, 1.82) is 5.26 Å². The number of hydrogen-bond donors (Lipinski definition) is 0. The second-order valence-corrected chi connectivity index (χ2v) is 13.9. The molecule has 6 rings (SSSR count). The molecule has 8 heteroatoms. The van der Waals surface area contributed by atoms with E-state index in [4.69, 9.17) is 0 Å². The number of halogens is 1. The van der Waals surface area contributed by atoms with Crippen molar-refractivity contribution in [1.82, 2.24) is 14.4 Å². The van der Waals surface area contributed by atoms with Crippen LogP contribution >= 0.6 is 11.3 Å². The van der Waals surface area contributed by atoms with Crippen LogP contribution in [0.2, 0.25) is 0 Å². The highest BCUT2D eigenvalue weighted by molar-refractivity contribution is 7.07. The Labute approximate surface area is 283 Å². The minimum absolute atomic E-state index is 0.00425. The summed E-state index contributed by atoms with van der Waals surface area (Å²) in [4.78, 5) is 32.0. The van der Waals surface area contributed by atoms with E-state index in [2.05, 4.69) is 56.0 Å². The van der Waals surface area contributed by atoms with Crippen molar-refractivity contribution in [3.05, 3.63) is 157 Å². The fraction of sp³-hybridized carbons (Fsp3) is 0.225. The van der Waals surface area contributed by atoms with E-state index in [-0.39, 0.29) is 27.4 Å². The monoisotopic (exact) mass is 656 g/mol. The molecule has 2 heterocycles. The zero-order chi connectivity index (χ0) is 33.8. The number of carbonyl (C=O) groups is 1. The van der Waals surface area contributed by atoms with Gasteiger partial charge >= 0.3 is 0 Å². The molecule has 0 saturated carbocycles. The third kappa shape index (κ3) is 6.79. The Morgan fingerprint density at radius 1 is 0.833 bits per heavy atom. The van der Waals surface area contributed by atoms with E-state index in [1.54, 1.807) is 17.0 Å². The molecule has 0 bridgehead atoms. The summed E-state index contributed by atoms with van der Waals surface area (Å²) in [5.74, 6) is -1.09. The molecule has 1 aliphatic rings. The van der Waals surface area contributed by atoms with Crippen LogP contribution in [-0.4, -0.2) is 46.5 Å². The zero-order valence-corrected chi connectivity index (χ0v) is 28.1. The Morgan fingerprint density at radius 3 is 1.94 bits per heavy atom. The second-order valence-electron chi connectivity index (χ2n) is 12.9. The lowest BCUT2D eigenvalue weighted by atomic mass is 9.87. The van der Waals surface area contributed by atoms with Crippen LogP contribution in [0.25, 0.3) is 17.3 Å². The average Bonchev–Trinajstić information content (AvgIpc) is 3.41. The van der Waals surface area contributed by atoms with E-state index >= 15 is 4.39 Å². The smallest absolute Gasteiger partial charge is 0.273 e. The Hall–Kier alpha value is -5.10. The van der Waals surface area contributed by atoms with Crippen LogP contribution in [0.3, 0.4) is 0 Å². The van der Waals surface area contributed by atoms with Crippen molar-refractivity contribution in [3.8, 4) is 11.8 Å². The highest BCUT2D eigenvalue weighted by Gasteiger charge is 2.30. The molecule has 1 amide bonds.